The fourth-order valence-corrected chi connectivity index (χ4v) is 15.0. The minimum atomic E-state index is -1.04. The molecule has 37 nitrogen and oxygen atoms in total. The van der Waals surface area contributed by atoms with Crippen LogP contribution in [0.1, 0.15) is 219 Å². The molecule has 0 spiro atoms. The zero-order valence-electron chi connectivity index (χ0n) is 85.1. The second-order valence-corrected chi connectivity index (χ2v) is 42.5. The van der Waals surface area contributed by atoms with Crippen LogP contribution in [0.15, 0.2) is 164 Å². The van der Waals surface area contributed by atoms with E-state index in [4.69, 9.17) is 71.9 Å². The Kier molecular flexibility index (Phi) is 34.3. The van der Waals surface area contributed by atoms with Crippen molar-refractivity contribution in [3.05, 3.63) is 179 Å². The number of nitrogens with two attached hydrogens (primary N) is 1. The van der Waals surface area contributed by atoms with Gasteiger partial charge in [-0.25, -0.2) is 58.7 Å². The Balaban J connectivity index is 0.000000196. The van der Waals surface area contributed by atoms with Gasteiger partial charge >= 0.3 is 36.6 Å². The van der Waals surface area contributed by atoms with Crippen molar-refractivity contribution in [3.8, 4) is 103 Å². The molecule has 0 unspecified atom stereocenters. The highest BCUT2D eigenvalue weighted by molar-refractivity contribution is 9.10. The van der Waals surface area contributed by atoms with Crippen LogP contribution in [0.3, 0.4) is 0 Å². The summed E-state index contributed by atoms with van der Waals surface area (Å²) in [5.41, 5.74) is 10.3. The summed E-state index contributed by atoms with van der Waals surface area (Å²) in [5, 5.41) is 35.6. The number of nitrogens with one attached hydrogen (secondary N) is 1. The van der Waals surface area contributed by atoms with Gasteiger partial charge in [-0.15, -0.1) is 0 Å². The molecular formula is C105H126BrN19O18. The maximum atomic E-state index is 13.8. The van der Waals surface area contributed by atoms with Gasteiger partial charge in [0.2, 0.25) is 0 Å². The van der Waals surface area contributed by atoms with Crippen molar-refractivity contribution < 1.29 is 85.0 Å². The molecule has 8 aromatic heterocycles. The second-order valence-electron chi connectivity index (χ2n) is 41.7. The van der Waals surface area contributed by atoms with E-state index in [2.05, 4.69) is 90.9 Å². The first kappa shape index (κ1) is 108. The highest BCUT2D eigenvalue weighted by atomic mass is 79.9. The molecule has 143 heavy (non-hydrogen) atoms. The minimum absolute atomic E-state index is 0.00722. The number of ether oxygens (including phenoxy) is 9. The Bertz CT molecular complexity index is 6310. The summed E-state index contributed by atoms with van der Waals surface area (Å²) in [6.07, 6.45) is 7.76. The monoisotopic (exact) mass is 2020 g/mol. The number of pyridine rings is 2. The lowest BCUT2D eigenvalue weighted by Crippen LogP contribution is -2.45. The number of hydrogen-bond acceptors (Lipinski definition) is 33. The van der Waals surface area contributed by atoms with Crippen molar-refractivity contribution in [1.29, 1.82) is 10.5 Å². The average Bonchev–Trinajstić information content (AvgIpc) is 1.76. The summed E-state index contributed by atoms with van der Waals surface area (Å²) in [6, 6.07) is 40.6. The largest absolute Gasteiger partial charge is 0.444 e. The number of aromatic nitrogens is 11. The molecule has 3 aliphatic rings. The molecule has 0 atom stereocenters. The van der Waals surface area contributed by atoms with Gasteiger partial charge in [-0.1, -0.05) is 88.3 Å². The predicted molar refractivity (Wildman–Crippen MR) is 537 cm³/mol. The average molecular weight is 2020 g/mol. The quantitative estimate of drug-likeness (QED) is 0.0631. The fourth-order valence-electron chi connectivity index (χ4n) is 14.8. The SMILES string of the molecule is CC(C)(C#N)c1cc(-c2cnc(N)c(-c3cc(-c4ccc(CNC5CCOCC5)cc4)no3)n2)ccn1.CC(C)(C)OC(=O)N(C(=O)OC(C)(C)C)c1ncc(-c2ccnc(C(C)(C)C#N)c2)nc1-c1cc(-c2ccc(CN(C(=O)OC(C)(C)C)C3CCOCC3)cc2)no1.CC(C)(C)OC(=O)N(C(=O)OC(C)(C)C)c1ncc(Br)nc1-c1cc(-c2ccc(CN(C(=O)OC(C)(C)C)C3CCOCC3)cc2)no1. The molecule has 0 radical (unpaired) electrons. The molecule has 3 aliphatic heterocycles. The van der Waals surface area contributed by atoms with E-state index in [1.807, 2.05) is 134 Å². The number of nitrogen functional groups attached to an aromatic ring is 1. The molecule has 6 amide bonds. The van der Waals surface area contributed by atoms with Gasteiger partial charge in [0, 0.05) is 136 Å². The summed E-state index contributed by atoms with van der Waals surface area (Å²) in [4.78, 5) is 122. The van der Waals surface area contributed by atoms with Crippen LogP contribution in [0.2, 0.25) is 0 Å². The number of benzene rings is 3. The molecule has 0 saturated carbocycles. The van der Waals surface area contributed by atoms with Gasteiger partial charge in [0.05, 0.1) is 64.3 Å². The van der Waals surface area contributed by atoms with Crippen LogP contribution in [-0.4, -0.2) is 193 Å². The van der Waals surface area contributed by atoms with Crippen molar-refractivity contribution in [2.75, 3.05) is 55.2 Å². The first-order valence-corrected chi connectivity index (χ1v) is 48.0. The number of amides is 6. The summed E-state index contributed by atoms with van der Waals surface area (Å²) >= 11 is 3.32. The van der Waals surface area contributed by atoms with Gasteiger partial charge in [-0.2, -0.15) is 20.3 Å². The van der Waals surface area contributed by atoms with Gasteiger partial charge < -0.3 is 77.1 Å². The van der Waals surface area contributed by atoms with Crippen molar-refractivity contribution >= 4 is 69.9 Å². The topological polar surface area (TPSA) is 465 Å². The Morgan fingerprint density at radius 1 is 0.385 bits per heavy atom. The van der Waals surface area contributed by atoms with Gasteiger partial charge in [0.25, 0.3) is 0 Å². The normalized spacial score (nSPS) is 14.2. The molecule has 0 bridgehead atoms. The molecule has 11 aromatic rings. The lowest BCUT2D eigenvalue weighted by atomic mass is 9.90. The van der Waals surface area contributed by atoms with Crippen LogP contribution < -0.4 is 20.9 Å². The van der Waals surface area contributed by atoms with E-state index in [-0.39, 0.29) is 64.6 Å². The van der Waals surface area contributed by atoms with Crippen LogP contribution in [0.25, 0.3) is 90.6 Å². The van der Waals surface area contributed by atoms with Crippen molar-refractivity contribution in [3.63, 3.8) is 0 Å². The zero-order chi connectivity index (χ0) is 104. The van der Waals surface area contributed by atoms with Crippen LogP contribution >= 0.6 is 15.9 Å². The first-order chi connectivity index (χ1) is 67.3. The van der Waals surface area contributed by atoms with E-state index in [1.54, 1.807) is 150 Å². The fraction of sp³-hybridized carbons (Fsp3) is 0.457. The maximum Gasteiger partial charge on any atom is 0.425 e. The molecule has 38 heteroatoms. The smallest absolute Gasteiger partial charge is 0.425 e. The van der Waals surface area contributed by atoms with Crippen molar-refractivity contribution in [1.82, 2.24) is 70.5 Å². The van der Waals surface area contributed by atoms with Gasteiger partial charge in [0.1, 0.15) is 55.3 Å². The number of nitriles is 2. The van der Waals surface area contributed by atoms with E-state index in [0.29, 0.717) is 135 Å². The van der Waals surface area contributed by atoms with Crippen LogP contribution in [0, 0.1) is 22.7 Å². The molecule has 3 saturated heterocycles. The third-order valence-electron chi connectivity index (χ3n) is 22.0. The molecule has 0 aliphatic carbocycles. The standard InChI is InChI=1S/C43H53N7O8.C34H44BrN5O8.C28H29N7O2/c1-40(2,3)55-37(51)49(30-17-20-54-21-18-30)25-27-12-14-28(15-13-27)31-23-33(58-48-31)35-36(50(38(52)56-41(4,5)6)39(53)57-42(7,8)9)46-24-32(47-35)29-16-19-45-34(22-29)43(10,11)26-44;1-32(2,3)45-29(41)39(23-14-16-44-17-15-23)20-21-10-12-22(13-11-21)24-18-25(48-38-24)27-28(36-19-26(35)37-27)40(30(42)46-33(4,5)6)31(43)47-34(7,8)9;1-28(2,17-29)25-13-20(7-10-31-25)23-16-33-27(30)26(34-23)24-14-22(35-37-24)19-5-3-18(4-6-19)15-32-21-8-11-36-12-9-21/h12-16,19,22-24,30H,17-18,20-21,25H2,1-11H3;10-13,18-19,23H,14-17,20H2,1-9H3;3-7,10,13-14,16,21,32H,8-9,11-12,15H2,1-2H3,(H2,30,33). The van der Waals surface area contributed by atoms with E-state index in [1.165, 1.54) is 18.0 Å². The van der Waals surface area contributed by atoms with Crippen LogP contribution in [0.5, 0.6) is 0 Å². The number of halogens is 1. The van der Waals surface area contributed by atoms with Crippen molar-refractivity contribution in [2.45, 2.75) is 273 Å². The van der Waals surface area contributed by atoms with Gasteiger partial charge in [0.15, 0.2) is 51.8 Å². The molecule has 11 heterocycles. The molecule has 756 valence electrons. The third-order valence-corrected chi connectivity index (χ3v) is 22.4. The molecular weight excluding hydrogens is 1900 g/mol. The van der Waals surface area contributed by atoms with E-state index < -0.39 is 68.8 Å². The lowest BCUT2D eigenvalue weighted by molar-refractivity contribution is -0.00904. The van der Waals surface area contributed by atoms with Crippen LogP contribution in [-0.2, 0) is 73.1 Å². The second kappa shape index (κ2) is 45.5. The highest BCUT2D eigenvalue weighted by Gasteiger charge is 2.41. The number of rotatable bonds is 21. The summed E-state index contributed by atoms with van der Waals surface area (Å²) in [5.74, 6) is 0.530. The Morgan fingerprint density at radius 3 is 1.06 bits per heavy atom. The van der Waals surface area contributed by atoms with Crippen molar-refractivity contribution in [2.24, 2.45) is 0 Å². The molecule has 3 aromatic carbocycles. The molecule has 3 fully saturated rings. The number of imide groups is 2. The number of carbonyl (C=O) groups is 6. The summed E-state index contributed by atoms with van der Waals surface area (Å²) in [7, 11) is 0. The molecule has 3 N–H and O–H groups in total. The van der Waals surface area contributed by atoms with Crippen LogP contribution in [0.4, 0.5) is 46.2 Å². The minimum Gasteiger partial charge on any atom is -0.444 e. The number of nitrogens with zero attached hydrogens (tertiary/aromatic N) is 17. The number of anilines is 3. The maximum absolute atomic E-state index is 13.8. The first-order valence-electron chi connectivity index (χ1n) is 47.2. The zero-order valence-corrected chi connectivity index (χ0v) is 86.7. The Morgan fingerprint density at radius 2 is 0.699 bits per heavy atom. The van der Waals surface area contributed by atoms with E-state index in [9.17, 15) is 39.3 Å². The van der Waals surface area contributed by atoms with E-state index in [0.717, 1.165) is 73.3 Å². The van der Waals surface area contributed by atoms with Gasteiger partial charge in [-0.3, -0.25) is 9.97 Å². The summed E-state index contributed by atoms with van der Waals surface area (Å²) in [6.45, 7) is 43.9. The predicted octanol–water partition coefficient (Wildman–Crippen LogP) is 21.9. The highest BCUT2D eigenvalue weighted by Crippen LogP contribution is 2.40. The lowest BCUT2D eigenvalue weighted by Gasteiger charge is -2.35. The Hall–Kier alpha value is -14.1. The third kappa shape index (κ3) is 30.3. The Labute approximate surface area is 841 Å². The summed E-state index contributed by atoms with van der Waals surface area (Å²) < 4.78 is 67.8. The van der Waals surface area contributed by atoms with Gasteiger partial charge in [-0.05, 0) is 248 Å². The van der Waals surface area contributed by atoms with E-state index >= 15 is 0 Å². The number of carbonyl (C=O) groups excluding carboxylic acids is 6. The molecule has 14 rings (SSSR count). The number of hydrogen-bond donors (Lipinski definition) is 2.